The molecule has 5 nitrogen and oxygen atoms in total. The summed E-state index contributed by atoms with van der Waals surface area (Å²) in [6.07, 6.45) is 0. The lowest BCUT2D eigenvalue weighted by Gasteiger charge is -2.12. The van der Waals surface area contributed by atoms with Crippen LogP contribution in [0.25, 0.3) is 11.3 Å². The third-order valence-electron chi connectivity index (χ3n) is 2.34. The first-order valence-electron chi connectivity index (χ1n) is 4.91. The van der Waals surface area contributed by atoms with Gasteiger partial charge in [0.15, 0.2) is 34.7 Å². The molecule has 0 aliphatic carbocycles. The van der Waals surface area contributed by atoms with Gasteiger partial charge in [-0.25, -0.2) is 8.78 Å². The Hall–Kier alpha value is -2.31. The Morgan fingerprint density at radius 3 is 2.44 bits per heavy atom. The molecule has 0 spiro atoms. The van der Waals surface area contributed by atoms with Gasteiger partial charge in [0.2, 0.25) is 0 Å². The van der Waals surface area contributed by atoms with Crippen molar-refractivity contribution in [3.05, 3.63) is 23.8 Å². The van der Waals surface area contributed by atoms with E-state index in [1.165, 1.54) is 20.3 Å². The molecule has 1 aromatic heterocycles. The van der Waals surface area contributed by atoms with E-state index >= 15 is 0 Å². The molecule has 0 saturated heterocycles. The molecule has 1 aromatic carbocycles. The first-order chi connectivity index (χ1) is 8.58. The zero-order chi connectivity index (χ0) is 13.3. The fourth-order valence-corrected chi connectivity index (χ4v) is 1.57. The largest absolute Gasteiger partial charge is 0.493 e. The van der Waals surface area contributed by atoms with Crippen LogP contribution in [-0.4, -0.2) is 19.4 Å². The van der Waals surface area contributed by atoms with Crippen LogP contribution >= 0.6 is 0 Å². The van der Waals surface area contributed by atoms with Crippen molar-refractivity contribution in [2.75, 3.05) is 20.0 Å². The number of aromatic nitrogens is 1. The lowest BCUT2D eigenvalue weighted by atomic mass is 10.1. The van der Waals surface area contributed by atoms with E-state index in [0.29, 0.717) is 0 Å². The smallest absolute Gasteiger partial charge is 0.176 e. The second kappa shape index (κ2) is 4.52. The van der Waals surface area contributed by atoms with Crippen molar-refractivity contribution < 1.29 is 22.8 Å². The predicted octanol–water partition coefficient (Wildman–Crippen LogP) is 2.22. The summed E-state index contributed by atoms with van der Waals surface area (Å²) < 4.78 is 42.0. The topological polar surface area (TPSA) is 70.5 Å². The number of methoxy groups -OCH3 is 2. The SMILES string of the molecule is COc1cc(F)c(F)c(-c2cc(N)no2)c1OC. The molecule has 0 unspecified atom stereocenters. The number of rotatable bonds is 3. The van der Waals surface area contributed by atoms with Gasteiger partial charge in [-0.2, -0.15) is 0 Å². The highest BCUT2D eigenvalue weighted by atomic mass is 19.2. The molecule has 0 fully saturated rings. The minimum Gasteiger partial charge on any atom is -0.493 e. The molecule has 0 radical (unpaired) electrons. The lowest BCUT2D eigenvalue weighted by molar-refractivity contribution is 0.345. The van der Waals surface area contributed by atoms with Gasteiger partial charge < -0.3 is 19.7 Å². The van der Waals surface area contributed by atoms with Gasteiger partial charge in [-0.3, -0.25) is 0 Å². The molecule has 0 saturated carbocycles. The van der Waals surface area contributed by atoms with Gasteiger partial charge >= 0.3 is 0 Å². The van der Waals surface area contributed by atoms with E-state index in [1.807, 2.05) is 0 Å². The van der Waals surface area contributed by atoms with Crippen LogP contribution in [-0.2, 0) is 0 Å². The molecular formula is C11H10F2N2O3. The summed E-state index contributed by atoms with van der Waals surface area (Å²) in [4.78, 5) is 0. The average molecular weight is 256 g/mol. The van der Waals surface area contributed by atoms with Gasteiger partial charge in [0.25, 0.3) is 0 Å². The van der Waals surface area contributed by atoms with Crippen molar-refractivity contribution >= 4 is 5.82 Å². The molecule has 0 aliphatic heterocycles. The molecule has 0 atom stereocenters. The zero-order valence-electron chi connectivity index (χ0n) is 9.66. The molecular weight excluding hydrogens is 246 g/mol. The number of nitrogens with zero attached hydrogens (tertiary/aromatic N) is 1. The van der Waals surface area contributed by atoms with Gasteiger partial charge in [-0.05, 0) is 0 Å². The van der Waals surface area contributed by atoms with Crippen molar-refractivity contribution in [1.29, 1.82) is 0 Å². The molecule has 1 heterocycles. The minimum atomic E-state index is -1.12. The Bertz CT molecular complexity index is 584. The van der Waals surface area contributed by atoms with Crippen molar-refractivity contribution in [3.63, 3.8) is 0 Å². The highest BCUT2D eigenvalue weighted by Crippen LogP contribution is 2.41. The molecule has 2 aromatic rings. The summed E-state index contributed by atoms with van der Waals surface area (Å²) >= 11 is 0. The lowest BCUT2D eigenvalue weighted by Crippen LogP contribution is -1.98. The normalized spacial score (nSPS) is 10.4. The quantitative estimate of drug-likeness (QED) is 0.911. The maximum absolute atomic E-state index is 13.8. The van der Waals surface area contributed by atoms with Gasteiger partial charge in [-0.15, -0.1) is 0 Å². The summed E-state index contributed by atoms with van der Waals surface area (Å²) in [5.74, 6) is -2.15. The second-order valence-corrected chi connectivity index (χ2v) is 3.40. The number of halogens is 2. The Balaban J connectivity index is 2.74. The number of nitrogen functional groups attached to an aromatic ring is 1. The number of anilines is 1. The van der Waals surface area contributed by atoms with E-state index in [9.17, 15) is 8.78 Å². The van der Waals surface area contributed by atoms with Crippen LogP contribution in [0, 0.1) is 11.6 Å². The van der Waals surface area contributed by atoms with Crippen LogP contribution in [0.2, 0.25) is 0 Å². The first kappa shape index (κ1) is 12.2. The molecule has 0 aliphatic rings. The second-order valence-electron chi connectivity index (χ2n) is 3.40. The van der Waals surface area contributed by atoms with Crippen molar-refractivity contribution in [1.82, 2.24) is 5.16 Å². The Labute approximate surface area is 101 Å². The summed E-state index contributed by atoms with van der Waals surface area (Å²) in [6, 6.07) is 2.15. The number of hydrogen-bond donors (Lipinski definition) is 1. The predicted molar refractivity (Wildman–Crippen MR) is 59.4 cm³/mol. The van der Waals surface area contributed by atoms with Crippen molar-refractivity contribution in [2.45, 2.75) is 0 Å². The maximum Gasteiger partial charge on any atom is 0.176 e. The third kappa shape index (κ3) is 1.83. The van der Waals surface area contributed by atoms with E-state index in [4.69, 9.17) is 19.7 Å². The minimum absolute atomic E-state index is 0.00699. The van der Waals surface area contributed by atoms with Crippen LogP contribution in [0.3, 0.4) is 0 Å². The van der Waals surface area contributed by atoms with Crippen molar-refractivity contribution in [2.24, 2.45) is 0 Å². The molecule has 2 N–H and O–H groups in total. The van der Waals surface area contributed by atoms with E-state index in [1.54, 1.807) is 0 Å². The van der Waals surface area contributed by atoms with E-state index in [0.717, 1.165) is 6.07 Å². The van der Waals surface area contributed by atoms with E-state index < -0.39 is 11.6 Å². The highest BCUT2D eigenvalue weighted by molar-refractivity contribution is 5.72. The van der Waals surface area contributed by atoms with Gasteiger partial charge in [0.05, 0.1) is 14.2 Å². The zero-order valence-corrected chi connectivity index (χ0v) is 9.66. The number of hydrogen-bond acceptors (Lipinski definition) is 5. The summed E-state index contributed by atoms with van der Waals surface area (Å²) in [5, 5.41) is 3.41. The third-order valence-corrected chi connectivity index (χ3v) is 2.34. The number of benzene rings is 1. The number of ether oxygens (including phenoxy) is 2. The summed E-state index contributed by atoms with van der Waals surface area (Å²) in [6.45, 7) is 0. The molecule has 0 bridgehead atoms. The van der Waals surface area contributed by atoms with E-state index in [2.05, 4.69) is 5.16 Å². The Kier molecular flexibility index (Phi) is 3.05. The van der Waals surface area contributed by atoms with Crippen LogP contribution < -0.4 is 15.2 Å². The molecule has 96 valence electrons. The first-order valence-corrected chi connectivity index (χ1v) is 4.91. The molecule has 2 rings (SSSR count). The van der Waals surface area contributed by atoms with Crippen LogP contribution in [0.1, 0.15) is 0 Å². The van der Waals surface area contributed by atoms with Crippen molar-refractivity contribution in [3.8, 4) is 22.8 Å². The number of nitrogens with two attached hydrogens (primary N) is 1. The van der Waals surface area contributed by atoms with Crippen LogP contribution in [0.5, 0.6) is 11.5 Å². The molecule has 18 heavy (non-hydrogen) atoms. The fraction of sp³-hybridized carbons (Fsp3) is 0.182. The highest BCUT2D eigenvalue weighted by Gasteiger charge is 2.24. The molecule has 0 amide bonds. The summed E-state index contributed by atoms with van der Waals surface area (Å²) in [7, 11) is 2.62. The van der Waals surface area contributed by atoms with E-state index in [-0.39, 0.29) is 28.6 Å². The monoisotopic (exact) mass is 256 g/mol. The van der Waals surface area contributed by atoms with Gasteiger partial charge in [0.1, 0.15) is 5.56 Å². The average Bonchev–Trinajstić information content (AvgIpc) is 2.78. The maximum atomic E-state index is 13.8. The Morgan fingerprint density at radius 1 is 1.22 bits per heavy atom. The van der Waals surface area contributed by atoms with Gasteiger partial charge in [-0.1, -0.05) is 5.16 Å². The fourth-order valence-electron chi connectivity index (χ4n) is 1.57. The summed E-state index contributed by atoms with van der Waals surface area (Å²) in [5.41, 5.74) is 5.15. The van der Waals surface area contributed by atoms with Crippen LogP contribution in [0.15, 0.2) is 16.7 Å². The van der Waals surface area contributed by atoms with Crippen LogP contribution in [0.4, 0.5) is 14.6 Å². The Morgan fingerprint density at radius 2 is 1.94 bits per heavy atom. The molecule has 7 heteroatoms. The standard InChI is InChI=1S/C11H10F2N2O3/c1-16-7-3-5(12)10(13)9(11(7)17-2)6-4-8(14)15-18-6/h3-4H,1-2H3,(H2,14,15). The van der Waals surface area contributed by atoms with Gasteiger partial charge in [0, 0.05) is 12.1 Å².